The maximum Gasteiger partial charge on any atom is 0.0642 e. The molecule has 2 fully saturated rings. The number of aliphatic hydroxyl groups excluding tert-OH is 1. The molecule has 0 amide bonds. The normalized spacial score (nSPS) is 40.7. The van der Waals surface area contributed by atoms with Gasteiger partial charge >= 0.3 is 0 Å². The second-order valence-corrected chi connectivity index (χ2v) is 6.55. The van der Waals surface area contributed by atoms with E-state index in [1.165, 1.54) is 18.4 Å². The highest BCUT2D eigenvalue weighted by molar-refractivity contribution is 5.30. The van der Waals surface area contributed by atoms with E-state index in [4.69, 9.17) is 5.11 Å². The van der Waals surface area contributed by atoms with E-state index in [0.29, 0.717) is 16.7 Å². The number of hydrogen-bond donors (Lipinski definition) is 1. The van der Waals surface area contributed by atoms with Crippen LogP contribution in [0.25, 0.3) is 0 Å². The molecule has 2 rings (SSSR count). The highest BCUT2D eigenvalue weighted by atomic mass is 16.3. The molecule has 1 heteroatoms. The van der Waals surface area contributed by atoms with Gasteiger partial charge in [-0.3, -0.25) is 0 Å². The molecule has 0 aliphatic heterocycles. The van der Waals surface area contributed by atoms with Gasteiger partial charge < -0.3 is 5.11 Å². The Bertz CT molecular complexity index is 350. The maximum atomic E-state index is 9.06. The second kappa shape index (κ2) is 3.46. The quantitative estimate of drug-likeness (QED) is 0.721. The number of aliphatic hydroxyl groups is 1. The summed E-state index contributed by atoms with van der Waals surface area (Å²) in [6.45, 7) is 13.5. The fourth-order valence-electron chi connectivity index (χ4n) is 3.64. The van der Waals surface area contributed by atoms with Gasteiger partial charge in [-0.2, -0.15) is 0 Å². The third kappa shape index (κ3) is 1.48. The first kappa shape index (κ1) is 11.9. The Kier molecular flexibility index (Phi) is 2.58. The predicted molar refractivity (Wildman–Crippen MR) is 68.1 cm³/mol. The average Bonchev–Trinajstić information content (AvgIpc) is 2.82. The molecule has 90 valence electrons. The molecule has 0 aromatic carbocycles. The van der Waals surface area contributed by atoms with Gasteiger partial charge in [0, 0.05) is 0 Å². The Labute approximate surface area is 99.3 Å². The summed E-state index contributed by atoms with van der Waals surface area (Å²) in [5, 5.41) is 9.06. The first-order valence-electron chi connectivity index (χ1n) is 6.30. The number of allylic oxidation sites excluding steroid dienone is 2. The van der Waals surface area contributed by atoms with Gasteiger partial charge in [-0.15, -0.1) is 0 Å². The average molecular weight is 220 g/mol. The van der Waals surface area contributed by atoms with Crippen LogP contribution in [0.1, 0.15) is 40.5 Å². The van der Waals surface area contributed by atoms with Crippen molar-refractivity contribution >= 4 is 0 Å². The highest BCUT2D eigenvalue weighted by Crippen LogP contribution is 2.74. The summed E-state index contributed by atoms with van der Waals surface area (Å²) in [6.07, 6.45) is 4.77. The van der Waals surface area contributed by atoms with Gasteiger partial charge in [0.05, 0.1) is 6.61 Å². The second-order valence-electron chi connectivity index (χ2n) is 6.55. The van der Waals surface area contributed by atoms with Crippen molar-refractivity contribution in [3.63, 3.8) is 0 Å². The van der Waals surface area contributed by atoms with Crippen molar-refractivity contribution in [1.82, 2.24) is 0 Å². The standard InChI is InChI=1S/C15H24O/c1-10(9-16)6-11(2)13-7-12-8-15(12,5)14(13,3)4/h6,12-13,16H,2,7-9H2,1,3-5H3. The molecular formula is C15H24O. The molecule has 1 N–H and O–H groups in total. The molecule has 0 aromatic rings. The van der Waals surface area contributed by atoms with Crippen LogP contribution < -0.4 is 0 Å². The molecular weight excluding hydrogens is 196 g/mol. The zero-order valence-electron chi connectivity index (χ0n) is 11.0. The fraction of sp³-hybridized carbons (Fsp3) is 0.733. The minimum atomic E-state index is 0.146. The Hall–Kier alpha value is -0.560. The molecule has 0 bridgehead atoms. The summed E-state index contributed by atoms with van der Waals surface area (Å²) < 4.78 is 0. The molecule has 0 radical (unpaired) electrons. The lowest BCUT2D eigenvalue weighted by Crippen LogP contribution is -2.28. The lowest BCUT2D eigenvalue weighted by Gasteiger charge is -2.36. The molecule has 0 aromatic heterocycles. The fourth-order valence-corrected chi connectivity index (χ4v) is 3.64. The lowest BCUT2D eigenvalue weighted by atomic mass is 9.69. The van der Waals surface area contributed by atoms with E-state index < -0.39 is 0 Å². The summed E-state index contributed by atoms with van der Waals surface area (Å²) in [5.41, 5.74) is 3.14. The Morgan fingerprint density at radius 3 is 2.50 bits per heavy atom. The predicted octanol–water partition coefficient (Wildman–Crippen LogP) is 3.55. The van der Waals surface area contributed by atoms with Gasteiger partial charge in [-0.1, -0.05) is 39.0 Å². The SMILES string of the molecule is C=C(C=C(C)CO)C1CC2CC2(C)C1(C)C. The number of hydrogen-bond acceptors (Lipinski definition) is 1. The van der Waals surface area contributed by atoms with Crippen LogP contribution in [-0.4, -0.2) is 11.7 Å². The maximum absolute atomic E-state index is 9.06. The van der Waals surface area contributed by atoms with Crippen LogP contribution in [0, 0.1) is 22.7 Å². The Balaban J connectivity index is 2.16. The van der Waals surface area contributed by atoms with Crippen molar-refractivity contribution in [2.24, 2.45) is 22.7 Å². The molecule has 2 saturated carbocycles. The third-order valence-corrected chi connectivity index (χ3v) is 5.40. The van der Waals surface area contributed by atoms with Crippen LogP contribution in [0.4, 0.5) is 0 Å². The largest absolute Gasteiger partial charge is 0.392 e. The van der Waals surface area contributed by atoms with E-state index in [0.717, 1.165) is 11.5 Å². The summed E-state index contributed by atoms with van der Waals surface area (Å²) in [7, 11) is 0. The molecule has 1 nitrogen and oxygen atoms in total. The first-order chi connectivity index (χ1) is 7.33. The molecule has 16 heavy (non-hydrogen) atoms. The summed E-state index contributed by atoms with van der Waals surface area (Å²) in [6, 6.07) is 0. The monoisotopic (exact) mass is 220 g/mol. The van der Waals surface area contributed by atoms with Gasteiger partial charge in [0.1, 0.15) is 0 Å². The summed E-state index contributed by atoms with van der Waals surface area (Å²) >= 11 is 0. The van der Waals surface area contributed by atoms with E-state index in [-0.39, 0.29) is 6.61 Å². The van der Waals surface area contributed by atoms with Gasteiger partial charge in [-0.25, -0.2) is 0 Å². The zero-order chi connectivity index (χ0) is 12.1. The van der Waals surface area contributed by atoms with E-state index in [1.807, 2.05) is 6.92 Å². The van der Waals surface area contributed by atoms with Crippen molar-refractivity contribution in [3.05, 3.63) is 23.8 Å². The summed E-state index contributed by atoms with van der Waals surface area (Å²) in [4.78, 5) is 0. The Morgan fingerprint density at radius 1 is 1.44 bits per heavy atom. The highest BCUT2D eigenvalue weighted by Gasteiger charge is 2.67. The van der Waals surface area contributed by atoms with Crippen molar-refractivity contribution < 1.29 is 5.11 Å². The van der Waals surface area contributed by atoms with Crippen molar-refractivity contribution in [2.45, 2.75) is 40.5 Å². The minimum Gasteiger partial charge on any atom is -0.392 e. The van der Waals surface area contributed by atoms with Gasteiger partial charge in [-0.05, 0) is 48.0 Å². The van der Waals surface area contributed by atoms with E-state index in [2.05, 4.69) is 33.4 Å². The van der Waals surface area contributed by atoms with Crippen molar-refractivity contribution in [3.8, 4) is 0 Å². The molecule has 0 saturated heterocycles. The van der Waals surface area contributed by atoms with Crippen LogP contribution in [0.5, 0.6) is 0 Å². The molecule has 0 heterocycles. The molecule has 2 aliphatic rings. The minimum absolute atomic E-state index is 0.146. The van der Waals surface area contributed by atoms with Crippen LogP contribution in [0.3, 0.4) is 0 Å². The van der Waals surface area contributed by atoms with Crippen LogP contribution in [0.2, 0.25) is 0 Å². The van der Waals surface area contributed by atoms with E-state index in [9.17, 15) is 0 Å². The van der Waals surface area contributed by atoms with Crippen LogP contribution >= 0.6 is 0 Å². The smallest absolute Gasteiger partial charge is 0.0642 e. The number of fused-ring (bicyclic) bond motifs is 1. The van der Waals surface area contributed by atoms with E-state index >= 15 is 0 Å². The number of rotatable bonds is 3. The first-order valence-corrected chi connectivity index (χ1v) is 6.30. The molecule has 0 spiro atoms. The molecule has 2 aliphatic carbocycles. The van der Waals surface area contributed by atoms with Crippen LogP contribution in [-0.2, 0) is 0 Å². The van der Waals surface area contributed by atoms with Crippen molar-refractivity contribution in [2.75, 3.05) is 6.61 Å². The zero-order valence-corrected chi connectivity index (χ0v) is 11.0. The topological polar surface area (TPSA) is 20.2 Å². The Morgan fingerprint density at radius 2 is 2.06 bits per heavy atom. The molecule has 3 atom stereocenters. The van der Waals surface area contributed by atoms with Gasteiger partial charge in [0.15, 0.2) is 0 Å². The summed E-state index contributed by atoms with van der Waals surface area (Å²) in [5.74, 6) is 1.50. The van der Waals surface area contributed by atoms with E-state index in [1.54, 1.807) is 0 Å². The van der Waals surface area contributed by atoms with Gasteiger partial charge in [0.2, 0.25) is 0 Å². The molecule has 3 unspecified atom stereocenters. The third-order valence-electron chi connectivity index (χ3n) is 5.40. The van der Waals surface area contributed by atoms with Gasteiger partial charge in [0.25, 0.3) is 0 Å². The van der Waals surface area contributed by atoms with Crippen molar-refractivity contribution in [1.29, 1.82) is 0 Å². The van der Waals surface area contributed by atoms with Crippen LogP contribution in [0.15, 0.2) is 23.8 Å². The lowest BCUT2D eigenvalue weighted by molar-refractivity contribution is 0.174.